The molecule has 2 unspecified atom stereocenters. The van der Waals surface area contributed by atoms with Gasteiger partial charge in [-0.25, -0.2) is 0 Å². The highest BCUT2D eigenvalue weighted by Gasteiger charge is 2.22. The number of hydrogen-bond donors (Lipinski definition) is 1. The van der Waals surface area contributed by atoms with Crippen molar-refractivity contribution >= 4 is 0 Å². The van der Waals surface area contributed by atoms with Crippen LogP contribution in [-0.2, 0) is 0 Å². The highest BCUT2D eigenvalue weighted by molar-refractivity contribution is 4.78. The van der Waals surface area contributed by atoms with E-state index in [2.05, 4.69) is 30.8 Å². The lowest BCUT2D eigenvalue weighted by Crippen LogP contribution is -2.46. The van der Waals surface area contributed by atoms with Crippen molar-refractivity contribution in [1.29, 1.82) is 0 Å². The van der Waals surface area contributed by atoms with Crippen molar-refractivity contribution in [3.05, 3.63) is 0 Å². The van der Waals surface area contributed by atoms with Gasteiger partial charge in [0.2, 0.25) is 0 Å². The van der Waals surface area contributed by atoms with Gasteiger partial charge >= 0.3 is 0 Å². The van der Waals surface area contributed by atoms with Crippen molar-refractivity contribution in [1.82, 2.24) is 9.80 Å². The van der Waals surface area contributed by atoms with Gasteiger partial charge in [0.15, 0.2) is 0 Å². The molecule has 1 aliphatic heterocycles. The molecule has 0 saturated carbocycles. The van der Waals surface area contributed by atoms with Crippen LogP contribution in [0.2, 0.25) is 0 Å². The Morgan fingerprint density at radius 2 is 2.19 bits per heavy atom. The second-order valence-corrected chi connectivity index (χ2v) is 5.56. The van der Waals surface area contributed by atoms with Gasteiger partial charge < -0.3 is 15.5 Å². The molecule has 0 aliphatic carbocycles. The molecule has 0 aromatic carbocycles. The fourth-order valence-electron chi connectivity index (χ4n) is 2.62. The van der Waals surface area contributed by atoms with E-state index in [1.54, 1.807) is 0 Å². The summed E-state index contributed by atoms with van der Waals surface area (Å²) in [5, 5.41) is 0. The van der Waals surface area contributed by atoms with Gasteiger partial charge in [-0.05, 0) is 58.8 Å². The third-order valence-corrected chi connectivity index (χ3v) is 3.68. The molecule has 0 aromatic heterocycles. The van der Waals surface area contributed by atoms with Gasteiger partial charge in [-0.3, -0.25) is 0 Å². The van der Waals surface area contributed by atoms with E-state index in [1.165, 1.54) is 45.3 Å². The summed E-state index contributed by atoms with van der Waals surface area (Å²) < 4.78 is 0. The number of hydrogen-bond acceptors (Lipinski definition) is 3. The van der Waals surface area contributed by atoms with Gasteiger partial charge in [-0.15, -0.1) is 0 Å². The van der Waals surface area contributed by atoms with Crippen LogP contribution in [0.4, 0.5) is 0 Å². The molecule has 1 fully saturated rings. The average molecular weight is 227 g/mol. The molecule has 2 atom stereocenters. The highest BCUT2D eigenvalue weighted by Crippen LogP contribution is 2.16. The number of rotatable bonds is 6. The first-order chi connectivity index (χ1) is 7.63. The van der Waals surface area contributed by atoms with Crippen molar-refractivity contribution in [3.63, 3.8) is 0 Å². The molecule has 0 radical (unpaired) electrons. The van der Waals surface area contributed by atoms with Crippen molar-refractivity contribution in [2.24, 2.45) is 11.7 Å². The van der Waals surface area contributed by atoms with Gasteiger partial charge in [-0.1, -0.05) is 6.92 Å². The van der Waals surface area contributed by atoms with Crippen LogP contribution in [0.5, 0.6) is 0 Å². The topological polar surface area (TPSA) is 32.5 Å². The Labute approximate surface area is 101 Å². The minimum atomic E-state index is 0.760. The first kappa shape index (κ1) is 13.9. The van der Waals surface area contributed by atoms with Crippen LogP contribution < -0.4 is 5.73 Å². The SMILES string of the molecule is CC(CCCN)CN1CCCC(N(C)C)C1. The van der Waals surface area contributed by atoms with Crippen LogP contribution in [0.1, 0.15) is 32.6 Å². The molecule has 1 heterocycles. The molecule has 0 bridgehead atoms. The first-order valence-corrected chi connectivity index (χ1v) is 6.72. The van der Waals surface area contributed by atoms with Gasteiger partial charge in [0.25, 0.3) is 0 Å². The summed E-state index contributed by atoms with van der Waals surface area (Å²) >= 11 is 0. The summed E-state index contributed by atoms with van der Waals surface area (Å²) in [6.45, 7) is 6.99. The van der Waals surface area contributed by atoms with Crippen molar-refractivity contribution < 1.29 is 0 Å². The Balaban J connectivity index is 2.25. The lowest BCUT2D eigenvalue weighted by Gasteiger charge is -2.37. The fourth-order valence-corrected chi connectivity index (χ4v) is 2.62. The smallest absolute Gasteiger partial charge is 0.0217 e. The summed E-state index contributed by atoms with van der Waals surface area (Å²) in [5.74, 6) is 0.796. The van der Waals surface area contributed by atoms with E-state index >= 15 is 0 Å². The monoisotopic (exact) mass is 227 g/mol. The van der Waals surface area contributed by atoms with E-state index in [1.807, 2.05) is 0 Å². The predicted molar refractivity (Wildman–Crippen MR) is 70.6 cm³/mol. The molecule has 0 spiro atoms. The number of likely N-dealkylation sites (tertiary alicyclic amines) is 1. The standard InChI is InChI=1S/C13H29N3/c1-12(6-4-8-14)10-16-9-5-7-13(11-16)15(2)3/h12-13H,4-11,14H2,1-3H3. The number of nitrogens with two attached hydrogens (primary N) is 1. The second-order valence-electron chi connectivity index (χ2n) is 5.56. The second kappa shape index (κ2) is 7.25. The molecule has 96 valence electrons. The summed E-state index contributed by atoms with van der Waals surface area (Å²) in [7, 11) is 4.40. The van der Waals surface area contributed by atoms with E-state index in [4.69, 9.17) is 5.73 Å². The molecular formula is C13H29N3. The Morgan fingerprint density at radius 3 is 2.81 bits per heavy atom. The predicted octanol–water partition coefficient (Wildman–Crippen LogP) is 1.39. The van der Waals surface area contributed by atoms with Crippen molar-refractivity contribution in [2.75, 3.05) is 40.3 Å². The lowest BCUT2D eigenvalue weighted by molar-refractivity contribution is 0.119. The molecule has 0 amide bonds. The van der Waals surface area contributed by atoms with Crippen LogP contribution >= 0.6 is 0 Å². The maximum Gasteiger partial charge on any atom is 0.0217 e. The van der Waals surface area contributed by atoms with Gasteiger partial charge in [-0.2, -0.15) is 0 Å². The zero-order valence-electron chi connectivity index (χ0n) is 11.3. The van der Waals surface area contributed by atoms with Crippen LogP contribution in [-0.4, -0.2) is 56.1 Å². The van der Waals surface area contributed by atoms with E-state index in [0.717, 1.165) is 18.5 Å². The number of piperidine rings is 1. The Hall–Kier alpha value is -0.120. The fraction of sp³-hybridized carbons (Fsp3) is 1.00. The van der Waals surface area contributed by atoms with Crippen LogP contribution in [0, 0.1) is 5.92 Å². The van der Waals surface area contributed by atoms with Crippen LogP contribution in [0.15, 0.2) is 0 Å². The van der Waals surface area contributed by atoms with Crippen LogP contribution in [0.25, 0.3) is 0 Å². The maximum atomic E-state index is 5.55. The summed E-state index contributed by atoms with van der Waals surface area (Å²) in [4.78, 5) is 5.01. The molecule has 3 heteroatoms. The quantitative estimate of drug-likeness (QED) is 0.744. The average Bonchev–Trinajstić information content (AvgIpc) is 2.26. The van der Waals surface area contributed by atoms with E-state index < -0.39 is 0 Å². The van der Waals surface area contributed by atoms with E-state index in [0.29, 0.717) is 0 Å². The molecule has 1 saturated heterocycles. The molecule has 0 aromatic rings. The molecule has 2 N–H and O–H groups in total. The van der Waals surface area contributed by atoms with Gasteiger partial charge in [0, 0.05) is 19.1 Å². The third-order valence-electron chi connectivity index (χ3n) is 3.68. The van der Waals surface area contributed by atoms with E-state index in [-0.39, 0.29) is 0 Å². The largest absolute Gasteiger partial charge is 0.330 e. The number of likely N-dealkylation sites (N-methyl/N-ethyl adjacent to an activating group) is 1. The summed E-state index contributed by atoms with van der Waals surface area (Å²) in [6.07, 6.45) is 5.17. The molecule has 1 rings (SSSR count). The zero-order chi connectivity index (χ0) is 12.0. The molecular weight excluding hydrogens is 198 g/mol. The van der Waals surface area contributed by atoms with Crippen molar-refractivity contribution in [3.8, 4) is 0 Å². The van der Waals surface area contributed by atoms with E-state index in [9.17, 15) is 0 Å². The summed E-state index contributed by atoms with van der Waals surface area (Å²) in [5.41, 5.74) is 5.55. The Kier molecular flexibility index (Phi) is 6.32. The third kappa shape index (κ3) is 4.81. The number of nitrogens with zero attached hydrogens (tertiary/aromatic N) is 2. The zero-order valence-corrected chi connectivity index (χ0v) is 11.3. The Bertz CT molecular complexity index is 182. The molecule has 16 heavy (non-hydrogen) atoms. The normalized spacial score (nSPS) is 24.9. The van der Waals surface area contributed by atoms with Gasteiger partial charge in [0.05, 0.1) is 0 Å². The summed E-state index contributed by atoms with van der Waals surface area (Å²) in [6, 6.07) is 0.760. The maximum absolute atomic E-state index is 5.55. The van der Waals surface area contributed by atoms with Gasteiger partial charge in [0.1, 0.15) is 0 Å². The minimum absolute atomic E-state index is 0.760. The lowest BCUT2D eigenvalue weighted by atomic mass is 10.0. The Morgan fingerprint density at radius 1 is 1.44 bits per heavy atom. The minimum Gasteiger partial charge on any atom is -0.330 e. The van der Waals surface area contributed by atoms with Crippen molar-refractivity contribution in [2.45, 2.75) is 38.6 Å². The molecule has 1 aliphatic rings. The molecule has 3 nitrogen and oxygen atoms in total. The van der Waals surface area contributed by atoms with Crippen LogP contribution in [0.3, 0.4) is 0 Å². The highest BCUT2D eigenvalue weighted by atomic mass is 15.2. The first-order valence-electron chi connectivity index (χ1n) is 6.72.